The average molecular weight is 249 g/mol. The van der Waals surface area contributed by atoms with E-state index in [1.54, 1.807) is 24.3 Å². The second kappa shape index (κ2) is 5.89. The van der Waals surface area contributed by atoms with Gasteiger partial charge in [0.1, 0.15) is 0 Å². The molecule has 0 bridgehead atoms. The quantitative estimate of drug-likeness (QED) is 0.743. The summed E-state index contributed by atoms with van der Waals surface area (Å²) in [6.07, 6.45) is 0.463. The van der Waals surface area contributed by atoms with E-state index in [0.717, 1.165) is 0 Å². The first kappa shape index (κ1) is 14.6. The summed E-state index contributed by atoms with van der Waals surface area (Å²) in [6.45, 7) is 5.09. The first-order chi connectivity index (χ1) is 8.36. The maximum absolute atomic E-state index is 12.0. The van der Waals surface area contributed by atoms with Crippen LogP contribution in [0, 0.1) is 5.41 Å². The molecule has 2 nitrogen and oxygen atoms in total. The second-order valence-corrected chi connectivity index (χ2v) is 5.37. The van der Waals surface area contributed by atoms with Crippen molar-refractivity contribution in [2.24, 2.45) is 5.41 Å². The largest absolute Gasteiger partial charge is 0.294 e. The molecule has 98 valence electrons. The van der Waals surface area contributed by atoms with Gasteiger partial charge in [0.05, 0.1) is 6.67 Å². The topological polar surface area (TPSA) is 34.1 Å². The van der Waals surface area contributed by atoms with Crippen molar-refractivity contribution in [3.8, 4) is 0 Å². The predicted molar refractivity (Wildman–Crippen MR) is 69.8 cm³/mol. The molecule has 0 aliphatic heterocycles. The Morgan fingerprint density at radius 1 is 1.06 bits per heavy atom. The van der Waals surface area contributed by atoms with Gasteiger partial charge in [-0.25, -0.2) is 0 Å². The van der Waals surface area contributed by atoms with Crippen molar-refractivity contribution in [2.45, 2.75) is 33.6 Å². The standard InChI is InChI=1S/C15H19FO2/c1-15(2,3)14(18)12-8-6-11(7-9-12)13(17)5-4-10-16/h6-9H,4-5,10H2,1-3H3/i16-1. The summed E-state index contributed by atoms with van der Waals surface area (Å²) in [5.41, 5.74) is 0.707. The highest BCUT2D eigenvalue weighted by Crippen LogP contribution is 2.21. The van der Waals surface area contributed by atoms with Crippen LogP contribution >= 0.6 is 0 Å². The normalized spacial score (nSPS) is 11.3. The van der Waals surface area contributed by atoms with Crippen LogP contribution in [0.5, 0.6) is 0 Å². The Kier molecular flexibility index (Phi) is 4.76. The van der Waals surface area contributed by atoms with Gasteiger partial charge in [-0.3, -0.25) is 14.0 Å². The number of carbonyl (C=O) groups excluding carboxylic acids is 2. The molecule has 3 heteroatoms. The summed E-state index contributed by atoms with van der Waals surface area (Å²) in [7, 11) is 0. The van der Waals surface area contributed by atoms with E-state index in [0.29, 0.717) is 11.1 Å². The van der Waals surface area contributed by atoms with Crippen LogP contribution in [0.4, 0.5) is 4.39 Å². The molecule has 0 N–H and O–H groups in total. The molecule has 0 heterocycles. The molecule has 0 spiro atoms. The van der Waals surface area contributed by atoms with Crippen molar-refractivity contribution < 1.29 is 14.0 Å². The minimum absolute atomic E-state index is 0.0465. The van der Waals surface area contributed by atoms with Crippen molar-refractivity contribution in [3.63, 3.8) is 0 Å². The molecule has 0 atom stereocenters. The molecule has 0 aliphatic carbocycles. The van der Waals surface area contributed by atoms with Crippen LogP contribution in [-0.4, -0.2) is 18.2 Å². The fourth-order valence-corrected chi connectivity index (χ4v) is 1.61. The van der Waals surface area contributed by atoms with Gasteiger partial charge in [0.2, 0.25) is 0 Å². The summed E-state index contributed by atoms with van der Waals surface area (Å²) in [5.74, 6) is -0.0346. The van der Waals surface area contributed by atoms with E-state index in [9.17, 15) is 14.0 Å². The average Bonchev–Trinajstić information content (AvgIpc) is 2.34. The zero-order valence-electron chi connectivity index (χ0n) is 11.1. The second-order valence-electron chi connectivity index (χ2n) is 5.37. The van der Waals surface area contributed by atoms with Crippen LogP contribution < -0.4 is 0 Å². The summed E-state index contributed by atoms with van der Waals surface area (Å²) in [6, 6.07) is 6.60. The number of halogens is 1. The van der Waals surface area contributed by atoms with Crippen molar-refractivity contribution >= 4 is 11.6 Å². The van der Waals surface area contributed by atoms with Gasteiger partial charge < -0.3 is 0 Å². The maximum Gasteiger partial charge on any atom is 0.168 e. The maximum atomic E-state index is 12.0. The minimum Gasteiger partial charge on any atom is -0.294 e. The third kappa shape index (κ3) is 3.76. The SMILES string of the molecule is CC(C)(C)C(=O)c1ccc(C(=O)CCC[18F])cc1. The highest BCUT2D eigenvalue weighted by molar-refractivity contribution is 6.01. The zero-order chi connectivity index (χ0) is 13.8. The van der Waals surface area contributed by atoms with Crippen LogP contribution in [0.25, 0.3) is 0 Å². The number of hydrogen-bond acceptors (Lipinski definition) is 2. The van der Waals surface area contributed by atoms with Crippen molar-refractivity contribution in [3.05, 3.63) is 35.4 Å². The molecule has 1 aromatic carbocycles. The molecule has 0 unspecified atom stereocenters. The third-order valence-corrected chi connectivity index (χ3v) is 2.69. The lowest BCUT2D eigenvalue weighted by Crippen LogP contribution is -2.20. The van der Waals surface area contributed by atoms with E-state index in [1.807, 2.05) is 20.8 Å². The highest BCUT2D eigenvalue weighted by atomic mass is 18.2. The lowest BCUT2D eigenvalue weighted by Gasteiger charge is -2.16. The van der Waals surface area contributed by atoms with Gasteiger partial charge >= 0.3 is 0 Å². The molecular formula is C15H19FO2. The molecule has 0 fully saturated rings. The zero-order valence-corrected chi connectivity index (χ0v) is 11.1. The Morgan fingerprint density at radius 3 is 2.00 bits per heavy atom. The van der Waals surface area contributed by atoms with Gasteiger partial charge in [-0.05, 0) is 6.42 Å². The van der Waals surface area contributed by atoms with Crippen LogP contribution in [0.3, 0.4) is 0 Å². The molecule has 0 radical (unpaired) electrons. The van der Waals surface area contributed by atoms with Gasteiger partial charge in [-0.1, -0.05) is 45.0 Å². The van der Waals surface area contributed by atoms with Crippen LogP contribution in [0.15, 0.2) is 24.3 Å². The Morgan fingerprint density at radius 2 is 1.56 bits per heavy atom. The van der Waals surface area contributed by atoms with E-state index in [2.05, 4.69) is 0 Å². The Labute approximate surface area is 107 Å². The first-order valence-corrected chi connectivity index (χ1v) is 6.10. The van der Waals surface area contributed by atoms with E-state index < -0.39 is 12.1 Å². The molecule has 0 saturated carbocycles. The number of carbonyl (C=O) groups is 2. The summed E-state index contributed by atoms with van der Waals surface area (Å²) >= 11 is 0. The van der Waals surface area contributed by atoms with Crippen LogP contribution in [0.2, 0.25) is 0 Å². The molecule has 0 aromatic heterocycles. The molecule has 1 aromatic rings. The lowest BCUT2D eigenvalue weighted by molar-refractivity contribution is 0.0857. The minimum atomic E-state index is -0.480. The number of ketones is 2. The Balaban J connectivity index is 2.80. The number of benzene rings is 1. The van der Waals surface area contributed by atoms with Crippen LogP contribution in [0.1, 0.15) is 54.3 Å². The van der Waals surface area contributed by atoms with Crippen molar-refractivity contribution in [2.75, 3.05) is 6.67 Å². The fraction of sp³-hybridized carbons (Fsp3) is 0.467. The summed E-state index contributed by atoms with van der Waals surface area (Å²) < 4.78 is 12.0. The highest BCUT2D eigenvalue weighted by Gasteiger charge is 2.22. The fourth-order valence-electron chi connectivity index (χ4n) is 1.61. The van der Waals surface area contributed by atoms with Gasteiger partial charge in [-0.15, -0.1) is 0 Å². The van der Waals surface area contributed by atoms with Crippen molar-refractivity contribution in [1.82, 2.24) is 0 Å². The van der Waals surface area contributed by atoms with E-state index in [4.69, 9.17) is 0 Å². The van der Waals surface area contributed by atoms with E-state index in [1.165, 1.54) is 0 Å². The van der Waals surface area contributed by atoms with Crippen LogP contribution in [-0.2, 0) is 0 Å². The van der Waals surface area contributed by atoms with Gasteiger partial charge in [0.25, 0.3) is 0 Å². The summed E-state index contributed by atoms with van der Waals surface area (Å²) in [4.78, 5) is 23.6. The molecule has 0 saturated heterocycles. The molecule has 1 rings (SSSR count). The van der Waals surface area contributed by atoms with Crippen molar-refractivity contribution in [1.29, 1.82) is 0 Å². The monoisotopic (exact) mass is 249 g/mol. The summed E-state index contributed by atoms with van der Waals surface area (Å²) in [5, 5.41) is 0. The van der Waals surface area contributed by atoms with Gasteiger partial charge in [-0.2, -0.15) is 0 Å². The smallest absolute Gasteiger partial charge is 0.168 e. The van der Waals surface area contributed by atoms with E-state index >= 15 is 0 Å². The number of rotatable bonds is 5. The predicted octanol–water partition coefficient (Wildman–Crippen LogP) is 3.85. The third-order valence-electron chi connectivity index (χ3n) is 2.69. The van der Waals surface area contributed by atoms with Gasteiger partial charge in [0.15, 0.2) is 11.6 Å². The first-order valence-electron chi connectivity index (χ1n) is 6.10. The number of hydrogen-bond donors (Lipinski definition) is 0. The van der Waals surface area contributed by atoms with Gasteiger partial charge in [0, 0.05) is 23.0 Å². The van der Waals surface area contributed by atoms with E-state index in [-0.39, 0.29) is 24.4 Å². The molecule has 0 amide bonds. The lowest BCUT2D eigenvalue weighted by atomic mass is 9.86. The number of Topliss-reactive ketones (excluding diaryl/α,β-unsaturated/α-hetero) is 2. The Hall–Kier alpha value is -1.51. The molecule has 0 aliphatic rings. The Bertz CT molecular complexity index is 427. The molecular weight excluding hydrogens is 230 g/mol. The molecule has 18 heavy (non-hydrogen) atoms. The number of alkyl halides is 1.